The molecular weight excluding hydrogens is 369 g/mol. The summed E-state index contributed by atoms with van der Waals surface area (Å²) >= 11 is 6.37. The molecule has 2 N–H and O–H groups in total. The normalized spacial score (nSPS) is 18.6. The summed E-state index contributed by atoms with van der Waals surface area (Å²) < 4.78 is 0. The molecule has 0 bridgehead atoms. The average molecular weight is 394 g/mol. The van der Waals surface area contributed by atoms with E-state index in [1.54, 1.807) is 0 Å². The summed E-state index contributed by atoms with van der Waals surface area (Å²) in [6, 6.07) is 18.0. The van der Waals surface area contributed by atoms with E-state index in [1.165, 1.54) is 0 Å². The molecule has 1 aliphatic rings. The van der Waals surface area contributed by atoms with E-state index in [1.807, 2.05) is 61.5 Å². The van der Waals surface area contributed by atoms with E-state index < -0.39 is 0 Å². The van der Waals surface area contributed by atoms with Gasteiger partial charge in [-0.1, -0.05) is 60.1 Å². The third kappa shape index (κ3) is 5.21. The highest BCUT2D eigenvalue weighted by atomic mass is 35.5. The van der Waals surface area contributed by atoms with Crippen LogP contribution < -0.4 is 10.6 Å². The fraction of sp³-hybridized carbons (Fsp3) is 0.350. The fourth-order valence-electron chi connectivity index (χ4n) is 3.28. The van der Waals surface area contributed by atoms with E-state index in [4.69, 9.17) is 11.6 Å². The van der Waals surface area contributed by atoms with Gasteiger partial charge in [-0.05, 0) is 24.1 Å². The van der Waals surface area contributed by atoms with E-state index in [2.05, 4.69) is 15.5 Å². The third-order valence-electron chi connectivity index (χ3n) is 4.64. The zero-order valence-electron chi connectivity index (χ0n) is 14.8. The second-order valence-electron chi connectivity index (χ2n) is 6.41. The van der Waals surface area contributed by atoms with Gasteiger partial charge >= 0.3 is 0 Å². The van der Waals surface area contributed by atoms with Gasteiger partial charge in [0.05, 0.1) is 12.6 Å². The molecule has 0 aromatic heterocycles. The first-order valence-corrected chi connectivity index (χ1v) is 9.06. The smallest absolute Gasteiger partial charge is 0.234 e. The minimum Gasteiger partial charge on any atom is -0.348 e. The number of nitrogens with zero attached hydrogens (tertiary/aromatic N) is 1. The van der Waals surface area contributed by atoms with Crippen LogP contribution in [0.25, 0.3) is 0 Å². The highest BCUT2D eigenvalue weighted by molar-refractivity contribution is 6.31. The van der Waals surface area contributed by atoms with Crippen LogP contribution in [0.15, 0.2) is 54.6 Å². The molecule has 26 heavy (non-hydrogen) atoms. The minimum absolute atomic E-state index is 0. The molecular formula is C20H25Cl2N3O. The number of amides is 1. The van der Waals surface area contributed by atoms with Gasteiger partial charge in [0, 0.05) is 30.7 Å². The first-order valence-electron chi connectivity index (χ1n) is 8.68. The molecule has 1 amide bonds. The summed E-state index contributed by atoms with van der Waals surface area (Å²) in [7, 11) is 0. The van der Waals surface area contributed by atoms with Gasteiger partial charge < -0.3 is 10.6 Å². The molecule has 4 nitrogen and oxygen atoms in total. The summed E-state index contributed by atoms with van der Waals surface area (Å²) in [6.45, 7) is 4.88. The van der Waals surface area contributed by atoms with Gasteiger partial charge in [-0.3, -0.25) is 9.69 Å². The molecule has 1 fully saturated rings. The first-order chi connectivity index (χ1) is 12.1. The molecule has 140 valence electrons. The van der Waals surface area contributed by atoms with E-state index in [9.17, 15) is 4.79 Å². The zero-order valence-corrected chi connectivity index (χ0v) is 16.4. The van der Waals surface area contributed by atoms with E-state index in [0.717, 1.165) is 35.8 Å². The van der Waals surface area contributed by atoms with Crippen molar-refractivity contribution in [3.05, 3.63) is 70.7 Å². The van der Waals surface area contributed by atoms with Crippen LogP contribution in [0.4, 0.5) is 0 Å². The van der Waals surface area contributed by atoms with Crippen molar-refractivity contribution in [2.45, 2.75) is 19.0 Å². The number of halogens is 2. The lowest BCUT2D eigenvalue weighted by Gasteiger charge is -2.36. The Labute approximate surface area is 166 Å². The van der Waals surface area contributed by atoms with Crippen LogP contribution in [0.3, 0.4) is 0 Å². The van der Waals surface area contributed by atoms with Crippen LogP contribution in [0.1, 0.15) is 30.1 Å². The molecule has 0 aliphatic carbocycles. The van der Waals surface area contributed by atoms with E-state index >= 15 is 0 Å². The predicted molar refractivity (Wildman–Crippen MR) is 109 cm³/mol. The first kappa shape index (κ1) is 20.7. The van der Waals surface area contributed by atoms with Crippen molar-refractivity contribution >= 4 is 29.9 Å². The highest BCUT2D eigenvalue weighted by Crippen LogP contribution is 2.28. The topological polar surface area (TPSA) is 44.4 Å². The SMILES string of the molecule is CC(NC(=O)CN1CCNCC1c1ccccc1Cl)c1ccccc1.Cl. The average Bonchev–Trinajstić information content (AvgIpc) is 2.63. The quantitative estimate of drug-likeness (QED) is 0.815. The molecule has 2 unspecified atom stereocenters. The number of carbonyl (C=O) groups excluding carboxylic acids is 1. The van der Waals surface area contributed by atoms with Gasteiger partial charge in [0.15, 0.2) is 0 Å². The second kappa shape index (κ2) is 9.93. The van der Waals surface area contributed by atoms with Crippen molar-refractivity contribution in [1.82, 2.24) is 15.5 Å². The molecule has 2 aromatic rings. The Hall–Kier alpha value is -1.59. The lowest BCUT2D eigenvalue weighted by atomic mass is 10.0. The Morgan fingerprint density at radius 1 is 1.23 bits per heavy atom. The molecule has 0 radical (unpaired) electrons. The summed E-state index contributed by atoms with van der Waals surface area (Å²) in [4.78, 5) is 14.7. The van der Waals surface area contributed by atoms with E-state index in [-0.39, 0.29) is 30.4 Å². The van der Waals surface area contributed by atoms with Crippen molar-refractivity contribution < 1.29 is 4.79 Å². The molecule has 1 aliphatic heterocycles. The summed E-state index contributed by atoms with van der Waals surface area (Å²) in [5.74, 6) is 0.0373. The zero-order chi connectivity index (χ0) is 17.6. The largest absolute Gasteiger partial charge is 0.348 e. The third-order valence-corrected chi connectivity index (χ3v) is 4.99. The molecule has 0 saturated carbocycles. The van der Waals surface area contributed by atoms with Gasteiger partial charge in [0.2, 0.25) is 5.91 Å². The Kier molecular flexibility index (Phi) is 7.91. The molecule has 2 atom stereocenters. The number of piperazine rings is 1. The summed E-state index contributed by atoms with van der Waals surface area (Å²) in [6.07, 6.45) is 0. The number of benzene rings is 2. The lowest BCUT2D eigenvalue weighted by Crippen LogP contribution is -2.49. The lowest BCUT2D eigenvalue weighted by molar-refractivity contribution is -0.123. The van der Waals surface area contributed by atoms with Crippen LogP contribution in [-0.4, -0.2) is 37.0 Å². The van der Waals surface area contributed by atoms with Crippen LogP contribution in [-0.2, 0) is 4.79 Å². The molecule has 2 aromatic carbocycles. The maximum Gasteiger partial charge on any atom is 0.234 e. The van der Waals surface area contributed by atoms with E-state index in [0.29, 0.717) is 6.54 Å². The summed E-state index contributed by atoms with van der Waals surface area (Å²) in [5, 5.41) is 7.24. The number of rotatable bonds is 5. The van der Waals surface area contributed by atoms with Crippen molar-refractivity contribution in [1.29, 1.82) is 0 Å². The van der Waals surface area contributed by atoms with Gasteiger partial charge in [0.25, 0.3) is 0 Å². The monoisotopic (exact) mass is 393 g/mol. The molecule has 1 heterocycles. The maximum absolute atomic E-state index is 12.6. The fourth-order valence-corrected chi connectivity index (χ4v) is 3.55. The standard InChI is InChI=1S/C20H24ClN3O.ClH/c1-15(16-7-3-2-4-8-16)23-20(25)14-24-12-11-22-13-19(24)17-9-5-6-10-18(17)21;/h2-10,15,19,22H,11-14H2,1H3,(H,23,25);1H. The van der Waals surface area contributed by atoms with Crippen molar-refractivity contribution in [3.8, 4) is 0 Å². The Morgan fingerprint density at radius 3 is 2.65 bits per heavy atom. The van der Waals surface area contributed by atoms with Gasteiger partial charge in [-0.2, -0.15) is 0 Å². The van der Waals surface area contributed by atoms with Gasteiger partial charge in [-0.25, -0.2) is 0 Å². The number of nitrogens with one attached hydrogen (secondary N) is 2. The van der Waals surface area contributed by atoms with Crippen molar-refractivity contribution in [2.24, 2.45) is 0 Å². The Morgan fingerprint density at radius 2 is 1.92 bits per heavy atom. The Bertz CT molecular complexity index is 711. The minimum atomic E-state index is -0.00428. The van der Waals surface area contributed by atoms with Crippen LogP contribution >= 0.6 is 24.0 Å². The maximum atomic E-state index is 12.6. The van der Waals surface area contributed by atoms with Crippen LogP contribution in [0.5, 0.6) is 0 Å². The van der Waals surface area contributed by atoms with Crippen molar-refractivity contribution in [3.63, 3.8) is 0 Å². The molecule has 6 heteroatoms. The number of hydrogen-bond acceptors (Lipinski definition) is 3. The van der Waals surface area contributed by atoms with Crippen LogP contribution in [0.2, 0.25) is 5.02 Å². The molecule has 0 spiro atoms. The predicted octanol–water partition coefficient (Wildman–Crippen LogP) is 3.59. The van der Waals surface area contributed by atoms with Crippen molar-refractivity contribution in [2.75, 3.05) is 26.2 Å². The second-order valence-corrected chi connectivity index (χ2v) is 6.82. The molecule has 1 saturated heterocycles. The number of carbonyl (C=O) groups is 1. The summed E-state index contributed by atoms with van der Waals surface area (Å²) in [5.41, 5.74) is 2.18. The number of hydrogen-bond donors (Lipinski definition) is 2. The molecule has 3 rings (SSSR count). The van der Waals surface area contributed by atoms with Gasteiger partial charge in [-0.15, -0.1) is 12.4 Å². The van der Waals surface area contributed by atoms with Gasteiger partial charge in [0.1, 0.15) is 0 Å². The highest BCUT2D eigenvalue weighted by Gasteiger charge is 2.27. The Balaban J connectivity index is 0.00000243. The van der Waals surface area contributed by atoms with Crippen LogP contribution in [0, 0.1) is 0 Å².